The average Bonchev–Trinajstić information content (AvgIpc) is 3.43. The molecule has 1 atom stereocenters. The fraction of sp³-hybridized carbons (Fsp3) is 0.241. The molecule has 0 bridgehead atoms. The molecular formula is C29H31F2N5O3S. The van der Waals surface area contributed by atoms with Gasteiger partial charge in [0, 0.05) is 17.2 Å². The SMILES string of the molecule is CC(n1c(N)nc2ccc(-c3nc(-c4c(F)cccc4F)[nH]c3-c3ccccc3)cc21)C(C)(C)C.CS(=O)(=O)O. The van der Waals surface area contributed by atoms with Crippen LogP contribution in [-0.4, -0.2) is 38.7 Å². The van der Waals surface area contributed by atoms with Gasteiger partial charge in [-0.1, -0.05) is 63.2 Å². The van der Waals surface area contributed by atoms with E-state index in [1.165, 1.54) is 18.2 Å². The first-order chi connectivity index (χ1) is 18.6. The van der Waals surface area contributed by atoms with E-state index in [2.05, 4.69) is 42.6 Å². The summed E-state index contributed by atoms with van der Waals surface area (Å²) < 4.78 is 57.1. The molecule has 4 N–H and O–H groups in total. The maximum atomic E-state index is 14.6. The topological polar surface area (TPSA) is 127 Å². The zero-order valence-electron chi connectivity index (χ0n) is 22.8. The number of rotatable bonds is 4. The fourth-order valence-electron chi connectivity index (χ4n) is 4.29. The Hall–Kier alpha value is -4.09. The molecule has 5 aromatic rings. The molecule has 210 valence electrons. The number of nitrogens with zero attached hydrogens (tertiary/aromatic N) is 3. The molecule has 3 aromatic carbocycles. The van der Waals surface area contributed by atoms with Crippen molar-refractivity contribution in [2.75, 3.05) is 12.0 Å². The van der Waals surface area contributed by atoms with Gasteiger partial charge >= 0.3 is 0 Å². The Morgan fingerprint density at radius 1 is 0.950 bits per heavy atom. The maximum Gasteiger partial charge on any atom is 0.261 e. The van der Waals surface area contributed by atoms with Gasteiger partial charge in [-0.2, -0.15) is 8.42 Å². The smallest absolute Gasteiger partial charge is 0.261 e. The van der Waals surface area contributed by atoms with Crippen LogP contribution in [0.3, 0.4) is 0 Å². The van der Waals surface area contributed by atoms with E-state index < -0.39 is 21.8 Å². The third-order valence-corrected chi connectivity index (χ3v) is 6.60. The lowest BCUT2D eigenvalue weighted by Gasteiger charge is -2.29. The van der Waals surface area contributed by atoms with E-state index in [1.54, 1.807) is 0 Å². The number of nitrogens with one attached hydrogen (secondary N) is 1. The number of imidazole rings is 2. The predicted molar refractivity (Wildman–Crippen MR) is 154 cm³/mol. The first kappa shape index (κ1) is 28.9. The first-order valence-electron chi connectivity index (χ1n) is 12.4. The zero-order chi connectivity index (χ0) is 29.4. The van der Waals surface area contributed by atoms with Crippen molar-refractivity contribution < 1.29 is 21.8 Å². The molecule has 8 nitrogen and oxygen atoms in total. The Morgan fingerprint density at radius 3 is 2.12 bits per heavy atom. The van der Waals surface area contributed by atoms with Crippen molar-refractivity contribution in [1.82, 2.24) is 19.5 Å². The molecule has 0 aliphatic heterocycles. The Morgan fingerprint density at radius 2 is 1.55 bits per heavy atom. The highest BCUT2D eigenvalue weighted by atomic mass is 32.2. The van der Waals surface area contributed by atoms with Gasteiger partial charge in [0.1, 0.15) is 17.5 Å². The Balaban J connectivity index is 0.000000681. The van der Waals surface area contributed by atoms with Crippen LogP contribution in [0.1, 0.15) is 33.7 Å². The monoisotopic (exact) mass is 567 g/mol. The van der Waals surface area contributed by atoms with E-state index in [1.807, 2.05) is 53.1 Å². The van der Waals surface area contributed by atoms with Crippen LogP contribution in [0.15, 0.2) is 66.7 Å². The average molecular weight is 568 g/mol. The molecule has 0 radical (unpaired) electrons. The van der Waals surface area contributed by atoms with Gasteiger partial charge in [0.25, 0.3) is 10.1 Å². The van der Waals surface area contributed by atoms with Crippen molar-refractivity contribution in [2.24, 2.45) is 5.41 Å². The summed E-state index contributed by atoms with van der Waals surface area (Å²) in [6.07, 6.45) is 0.715. The molecule has 11 heteroatoms. The van der Waals surface area contributed by atoms with Gasteiger partial charge in [-0.05, 0) is 36.6 Å². The minimum atomic E-state index is -3.67. The van der Waals surface area contributed by atoms with E-state index in [9.17, 15) is 17.2 Å². The number of fused-ring (bicyclic) bond motifs is 1. The van der Waals surface area contributed by atoms with Gasteiger partial charge in [0.15, 0.2) is 0 Å². The van der Waals surface area contributed by atoms with Gasteiger partial charge in [-0.3, -0.25) is 4.55 Å². The Labute approximate surface area is 231 Å². The van der Waals surface area contributed by atoms with Crippen LogP contribution in [0.25, 0.3) is 44.9 Å². The second-order valence-corrected chi connectivity index (χ2v) is 12.1. The number of H-pyrrole nitrogens is 1. The highest BCUT2D eigenvalue weighted by Crippen LogP contribution is 2.38. The van der Waals surface area contributed by atoms with E-state index in [0.717, 1.165) is 22.2 Å². The van der Waals surface area contributed by atoms with Crippen molar-refractivity contribution >= 4 is 27.1 Å². The third-order valence-electron chi connectivity index (χ3n) is 6.60. The van der Waals surface area contributed by atoms with Gasteiger partial charge in [-0.15, -0.1) is 0 Å². The summed E-state index contributed by atoms with van der Waals surface area (Å²) in [6.45, 7) is 8.59. The molecular weight excluding hydrogens is 536 g/mol. The minimum Gasteiger partial charge on any atom is -0.369 e. The molecule has 1 unspecified atom stereocenters. The molecule has 40 heavy (non-hydrogen) atoms. The number of anilines is 1. The summed E-state index contributed by atoms with van der Waals surface area (Å²) in [5, 5.41) is 0. The number of nitrogens with two attached hydrogens (primary N) is 1. The Kier molecular flexibility index (Phi) is 7.82. The standard InChI is InChI=1S/C28H27F2N5.CH4O3S/c1-16(28(2,3)4)35-22-15-18(13-14-21(22)32-27(35)31)25-24(17-9-6-5-7-10-17)33-26(34-25)23-19(29)11-8-12-20(23)30;1-5(2,3)4/h5-16H,1-4H3,(H2,31,32)(H,33,34);1H3,(H,2,3,4). The summed E-state index contributed by atoms with van der Waals surface area (Å²) in [6, 6.07) is 19.3. The van der Waals surface area contributed by atoms with Crippen molar-refractivity contribution in [3.05, 3.63) is 78.4 Å². The number of aromatic amines is 1. The quantitative estimate of drug-likeness (QED) is 0.207. The van der Waals surface area contributed by atoms with Crippen LogP contribution in [-0.2, 0) is 10.1 Å². The van der Waals surface area contributed by atoms with Gasteiger partial charge < -0.3 is 15.3 Å². The summed E-state index contributed by atoms with van der Waals surface area (Å²) in [5.41, 5.74) is 10.6. The molecule has 5 rings (SSSR count). The second kappa shape index (κ2) is 10.8. The number of aromatic nitrogens is 4. The minimum absolute atomic E-state index is 0.0468. The molecule has 0 saturated carbocycles. The maximum absolute atomic E-state index is 14.6. The van der Waals surface area contributed by atoms with E-state index >= 15 is 0 Å². The van der Waals surface area contributed by atoms with E-state index in [0.29, 0.717) is 23.6 Å². The van der Waals surface area contributed by atoms with Crippen molar-refractivity contribution in [3.63, 3.8) is 0 Å². The molecule has 0 fully saturated rings. The number of hydrogen-bond acceptors (Lipinski definition) is 5. The summed E-state index contributed by atoms with van der Waals surface area (Å²) in [4.78, 5) is 12.4. The largest absolute Gasteiger partial charge is 0.369 e. The molecule has 0 aliphatic carbocycles. The third kappa shape index (κ3) is 6.21. The number of halogens is 2. The van der Waals surface area contributed by atoms with Gasteiger partial charge in [0.2, 0.25) is 5.95 Å². The van der Waals surface area contributed by atoms with Crippen molar-refractivity contribution in [1.29, 1.82) is 0 Å². The second-order valence-electron chi connectivity index (χ2n) is 10.6. The van der Waals surface area contributed by atoms with Crippen molar-refractivity contribution in [2.45, 2.75) is 33.7 Å². The van der Waals surface area contributed by atoms with Crippen LogP contribution in [0.5, 0.6) is 0 Å². The number of benzene rings is 3. The van der Waals surface area contributed by atoms with Crippen LogP contribution in [0.4, 0.5) is 14.7 Å². The van der Waals surface area contributed by atoms with E-state index in [4.69, 9.17) is 10.3 Å². The molecule has 0 aliphatic rings. The van der Waals surface area contributed by atoms with Gasteiger partial charge in [-0.25, -0.2) is 18.7 Å². The fourth-order valence-corrected chi connectivity index (χ4v) is 4.29. The number of nitrogen functional groups attached to an aromatic ring is 1. The molecule has 0 saturated heterocycles. The lowest BCUT2D eigenvalue weighted by atomic mass is 9.87. The molecule has 0 spiro atoms. The highest BCUT2D eigenvalue weighted by Gasteiger charge is 2.26. The van der Waals surface area contributed by atoms with Crippen LogP contribution < -0.4 is 5.73 Å². The zero-order valence-corrected chi connectivity index (χ0v) is 23.6. The van der Waals surface area contributed by atoms with Crippen molar-refractivity contribution in [3.8, 4) is 33.9 Å². The number of hydrogen-bond donors (Lipinski definition) is 3. The molecule has 2 heterocycles. The lowest BCUT2D eigenvalue weighted by molar-refractivity contribution is 0.270. The van der Waals surface area contributed by atoms with Crippen LogP contribution in [0, 0.1) is 17.0 Å². The first-order valence-corrected chi connectivity index (χ1v) is 14.3. The Bertz CT molecular complexity index is 1750. The van der Waals surface area contributed by atoms with Crippen LogP contribution >= 0.6 is 0 Å². The molecule has 2 aromatic heterocycles. The van der Waals surface area contributed by atoms with Gasteiger partial charge in [0.05, 0.1) is 34.2 Å². The lowest BCUT2D eigenvalue weighted by Crippen LogP contribution is -2.22. The summed E-state index contributed by atoms with van der Waals surface area (Å²) in [7, 11) is -3.67. The van der Waals surface area contributed by atoms with E-state index in [-0.39, 0.29) is 22.8 Å². The predicted octanol–water partition coefficient (Wildman–Crippen LogP) is 6.73. The highest BCUT2D eigenvalue weighted by molar-refractivity contribution is 7.85. The van der Waals surface area contributed by atoms with Crippen LogP contribution in [0.2, 0.25) is 0 Å². The molecule has 0 amide bonds. The normalized spacial score (nSPS) is 12.7. The summed E-state index contributed by atoms with van der Waals surface area (Å²) >= 11 is 0. The summed E-state index contributed by atoms with van der Waals surface area (Å²) in [5.74, 6) is -0.778.